The number of benzene rings is 3. The van der Waals surface area contributed by atoms with Gasteiger partial charge in [-0.2, -0.15) is 0 Å². The number of esters is 2. The van der Waals surface area contributed by atoms with Gasteiger partial charge in [-0.05, 0) is 116 Å². The quantitative estimate of drug-likeness (QED) is 0.102. The van der Waals surface area contributed by atoms with Gasteiger partial charge in [-0.15, -0.1) is 0 Å². The summed E-state index contributed by atoms with van der Waals surface area (Å²) in [5, 5.41) is 9.94. The van der Waals surface area contributed by atoms with Crippen LogP contribution in [0.15, 0.2) is 60.7 Å². The van der Waals surface area contributed by atoms with Crippen LogP contribution in [0.25, 0.3) is 0 Å². The van der Waals surface area contributed by atoms with Crippen molar-refractivity contribution in [1.82, 2.24) is 0 Å². The Morgan fingerprint density at radius 2 is 1.37 bits per heavy atom. The molecule has 0 fully saturated rings. The van der Waals surface area contributed by atoms with E-state index in [1.165, 1.54) is 44.1 Å². The second kappa shape index (κ2) is 16.4. The van der Waals surface area contributed by atoms with E-state index in [4.69, 9.17) is 14.2 Å². The van der Waals surface area contributed by atoms with E-state index in [1.807, 2.05) is 12.1 Å². The predicted octanol–water partition coefficient (Wildman–Crippen LogP) is 8.85. The van der Waals surface area contributed by atoms with Gasteiger partial charge < -0.3 is 19.3 Å². The van der Waals surface area contributed by atoms with Gasteiger partial charge in [-0.3, -0.25) is 4.79 Å². The zero-order valence-electron chi connectivity index (χ0n) is 26.9. The molecular weight excluding hydrogens is 580 g/mol. The molecule has 2 aliphatic rings. The molecule has 5 rings (SSSR count). The average molecular weight is 627 g/mol. The number of hydrogen-bond acceptors (Lipinski definition) is 6. The van der Waals surface area contributed by atoms with Crippen LogP contribution in [0.4, 0.5) is 0 Å². The fraction of sp³-hybridized carbons (Fsp3) is 0.462. The third-order valence-electron chi connectivity index (χ3n) is 9.21. The topological polar surface area (TPSA) is 99.1 Å². The Morgan fingerprint density at radius 1 is 0.696 bits per heavy atom. The summed E-state index contributed by atoms with van der Waals surface area (Å²) >= 11 is 0. The lowest BCUT2D eigenvalue weighted by molar-refractivity contribution is -0.146. The summed E-state index contributed by atoms with van der Waals surface area (Å²) in [4.78, 5) is 38.3. The van der Waals surface area contributed by atoms with Crippen LogP contribution in [-0.4, -0.2) is 29.6 Å². The summed E-state index contributed by atoms with van der Waals surface area (Å²) in [6.07, 6.45) is 13.9. The first kappa shape index (κ1) is 33.2. The molecule has 0 saturated carbocycles. The number of rotatable bonds is 15. The number of carbonyl (C=O) groups excluding carboxylic acids is 2. The highest BCUT2D eigenvalue weighted by molar-refractivity contribution is 5.91. The number of carboxylic acids is 1. The molecular formula is C39H46O7. The number of fused-ring (bicyclic) bond motifs is 2. The summed E-state index contributed by atoms with van der Waals surface area (Å²) in [5.74, 6) is -1.82. The van der Waals surface area contributed by atoms with E-state index in [1.54, 1.807) is 48.5 Å². The van der Waals surface area contributed by atoms with Crippen molar-refractivity contribution >= 4 is 17.9 Å². The van der Waals surface area contributed by atoms with Gasteiger partial charge in [0.1, 0.15) is 17.6 Å². The first-order valence-corrected chi connectivity index (χ1v) is 17.1. The Kier molecular flexibility index (Phi) is 11.9. The van der Waals surface area contributed by atoms with Crippen molar-refractivity contribution in [3.05, 3.63) is 94.0 Å². The molecule has 0 radical (unpaired) electrons. The monoisotopic (exact) mass is 626 g/mol. The van der Waals surface area contributed by atoms with Crippen molar-refractivity contribution in [2.24, 2.45) is 5.92 Å². The lowest BCUT2D eigenvalue weighted by atomic mass is 9.81. The lowest BCUT2D eigenvalue weighted by Gasteiger charge is -2.31. The molecule has 0 heterocycles. The van der Waals surface area contributed by atoms with Crippen molar-refractivity contribution in [1.29, 1.82) is 0 Å². The fourth-order valence-corrected chi connectivity index (χ4v) is 6.54. The van der Waals surface area contributed by atoms with Crippen molar-refractivity contribution in [3.8, 4) is 11.5 Å². The van der Waals surface area contributed by atoms with Crippen LogP contribution in [0, 0.1) is 5.92 Å². The molecule has 2 aliphatic carbocycles. The zero-order valence-corrected chi connectivity index (χ0v) is 26.9. The maximum Gasteiger partial charge on any atom is 0.343 e. The molecule has 3 aromatic rings. The van der Waals surface area contributed by atoms with Crippen LogP contribution < -0.4 is 9.47 Å². The Labute approximate surface area is 272 Å². The molecule has 0 aliphatic heterocycles. The van der Waals surface area contributed by atoms with Crippen LogP contribution in [0.3, 0.4) is 0 Å². The minimum Gasteiger partial charge on any atom is -0.494 e. The van der Waals surface area contributed by atoms with Crippen molar-refractivity contribution in [3.63, 3.8) is 0 Å². The fourth-order valence-electron chi connectivity index (χ4n) is 6.54. The highest BCUT2D eigenvalue weighted by Crippen LogP contribution is 2.40. The minimum atomic E-state index is -1.00. The average Bonchev–Trinajstić information content (AvgIpc) is 3.07. The molecule has 3 aromatic carbocycles. The maximum atomic E-state index is 13.2. The zero-order chi connectivity index (χ0) is 32.3. The SMILES string of the molecule is CCCCCCCCCCOc1ccc(C(=O)Oc2ccc3c(c2)CCC(C(=O)O)C3OC(=O)c2ccc3c(c2)CCCC3)cc1. The van der Waals surface area contributed by atoms with Crippen molar-refractivity contribution in [2.45, 2.75) is 103 Å². The molecule has 2 atom stereocenters. The van der Waals surface area contributed by atoms with Crippen LogP contribution >= 0.6 is 0 Å². The number of aliphatic carboxylic acids is 1. The van der Waals surface area contributed by atoms with Crippen molar-refractivity contribution < 1.29 is 33.7 Å². The summed E-state index contributed by atoms with van der Waals surface area (Å²) in [7, 11) is 0. The largest absolute Gasteiger partial charge is 0.494 e. The van der Waals surface area contributed by atoms with Gasteiger partial charge in [0, 0.05) is 0 Å². The van der Waals surface area contributed by atoms with Gasteiger partial charge in [0.05, 0.1) is 23.7 Å². The molecule has 0 saturated heterocycles. The Morgan fingerprint density at radius 3 is 2.11 bits per heavy atom. The van der Waals surface area contributed by atoms with Gasteiger partial charge in [0.25, 0.3) is 0 Å². The summed E-state index contributed by atoms with van der Waals surface area (Å²) in [5.41, 5.74) is 4.69. The third-order valence-corrected chi connectivity index (χ3v) is 9.21. The van der Waals surface area contributed by atoms with E-state index < -0.39 is 29.9 Å². The van der Waals surface area contributed by atoms with Crippen molar-refractivity contribution in [2.75, 3.05) is 6.61 Å². The summed E-state index contributed by atoms with van der Waals surface area (Å²) < 4.78 is 17.4. The first-order chi connectivity index (χ1) is 22.4. The second-order valence-corrected chi connectivity index (χ2v) is 12.6. The predicted molar refractivity (Wildman–Crippen MR) is 177 cm³/mol. The smallest absolute Gasteiger partial charge is 0.343 e. The highest BCUT2D eigenvalue weighted by atomic mass is 16.5. The van der Waals surface area contributed by atoms with E-state index in [-0.39, 0.29) is 0 Å². The molecule has 0 bridgehead atoms. The van der Waals surface area contributed by atoms with Gasteiger partial charge >= 0.3 is 17.9 Å². The minimum absolute atomic E-state index is 0.308. The Balaban J connectivity index is 1.16. The lowest BCUT2D eigenvalue weighted by Crippen LogP contribution is -2.31. The highest BCUT2D eigenvalue weighted by Gasteiger charge is 2.38. The standard InChI is InChI=1S/C39H46O7/c1-2-3-4-5-6-7-8-11-24-44-32-19-16-28(17-20-32)38(42)45-33-21-23-34-30(26-33)18-22-35(37(40)41)36(34)46-39(43)31-15-14-27-12-9-10-13-29(27)25-31/h14-17,19-21,23,25-26,35-36H,2-13,18,22,24H2,1H3,(H,40,41). The van der Waals surface area contributed by atoms with Crippen LogP contribution in [0.5, 0.6) is 11.5 Å². The number of hydrogen-bond donors (Lipinski definition) is 1. The number of carboxylic acid groups (broad SMARTS) is 1. The molecule has 7 nitrogen and oxygen atoms in total. The van der Waals surface area contributed by atoms with E-state index in [0.717, 1.165) is 55.4 Å². The number of ether oxygens (including phenoxy) is 3. The Hall–Kier alpha value is -4.13. The number of unbranched alkanes of at least 4 members (excludes halogenated alkanes) is 7. The van der Waals surface area contributed by atoms with Crippen LogP contribution in [0.2, 0.25) is 0 Å². The van der Waals surface area contributed by atoms with E-state index in [9.17, 15) is 19.5 Å². The molecule has 244 valence electrons. The Bertz CT molecular complexity index is 1490. The molecule has 0 spiro atoms. The van der Waals surface area contributed by atoms with Gasteiger partial charge in [0.2, 0.25) is 0 Å². The number of aryl methyl sites for hydroxylation is 3. The van der Waals surface area contributed by atoms with Gasteiger partial charge in [-0.25, -0.2) is 9.59 Å². The molecule has 7 heteroatoms. The van der Waals surface area contributed by atoms with Gasteiger partial charge in [0.15, 0.2) is 0 Å². The van der Waals surface area contributed by atoms with E-state index in [2.05, 4.69) is 6.92 Å². The maximum absolute atomic E-state index is 13.2. The second-order valence-electron chi connectivity index (χ2n) is 12.6. The number of carbonyl (C=O) groups is 3. The van der Waals surface area contributed by atoms with E-state index >= 15 is 0 Å². The normalized spacial score (nSPS) is 17.0. The first-order valence-electron chi connectivity index (χ1n) is 17.1. The molecule has 1 N–H and O–H groups in total. The molecule has 0 amide bonds. The molecule has 46 heavy (non-hydrogen) atoms. The molecule has 0 aromatic heterocycles. The van der Waals surface area contributed by atoms with Gasteiger partial charge in [-0.1, -0.05) is 64.0 Å². The molecule has 2 unspecified atom stereocenters. The van der Waals surface area contributed by atoms with Crippen LogP contribution in [0.1, 0.15) is 127 Å². The van der Waals surface area contributed by atoms with E-state index in [0.29, 0.717) is 41.9 Å². The third kappa shape index (κ3) is 8.77. The summed E-state index contributed by atoms with van der Waals surface area (Å²) in [6, 6.07) is 17.7. The van der Waals surface area contributed by atoms with Crippen LogP contribution in [-0.2, 0) is 28.8 Å². The summed E-state index contributed by atoms with van der Waals surface area (Å²) in [6.45, 7) is 2.89.